The number of hydrogen-bond acceptors (Lipinski definition) is 2. The first-order valence-corrected chi connectivity index (χ1v) is 6.36. The van der Waals surface area contributed by atoms with Crippen LogP contribution in [0.25, 0.3) is 10.1 Å². The van der Waals surface area contributed by atoms with Crippen molar-refractivity contribution in [3.05, 3.63) is 32.0 Å². The second-order valence-electron chi connectivity index (χ2n) is 2.86. The summed E-state index contributed by atoms with van der Waals surface area (Å²) >= 11 is 8.69. The van der Waals surface area contributed by atoms with E-state index in [4.69, 9.17) is 5.26 Å². The Hall–Kier alpha value is -0.370. The lowest BCUT2D eigenvalue weighted by molar-refractivity contribution is 1.27. The summed E-state index contributed by atoms with van der Waals surface area (Å²) in [6, 6.07) is 8.27. The van der Waals surface area contributed by atoms with Crippen LogP contribution in [-0.4, -0.2) is 0 Å². The molecule has 0 spiro atoms. The maximum atomic E-state index is 8.60. The van der Waals surface area contributed by atoms with E-state index in [1.54, 1.807) is 11.3 Å². The largest absolute Gasteiger partial charge is 0.198 e. The minimum atomic E-state index is 0.468. The molecule has 1 aromatic heterocycles. The lowest BCUT2D eigenvalue weighted by Crippen LogP contribution is -1.79. The van der Waals surface area contributed by atoms with Crippen LogP contribution in [0.15, 0.2) is 26.5 Å². The van der Waals surface area contributed by atoms with E-state index in [-0.39, 0.29) is 0 Å². The van der Waals surface area contributed by atoms with Gasteiger partial charge in [0, 0.05) is 10.1 Å². The standard InChI is InChI=1S/C10H5Br2NS/c11-9-7-5-6(3-4-13)1-2-8(7)14-10(9)12/h1-2,5H,3H2. The van der Waals surface area contributed by atoms with Crippen LogP contribution in [0, 0.1) is 11.3 Å². The average molecular weight is 331 g/mol. The Kier molecular flexibility index (Phi) is 2.91. The number of nitrogens with zero attached hydrogens (tertiary/aromatic N) is 1. The molecule has 0 unspecified atom stereocenters. The molecule has 0 fully saturated rings. The molecular weight excluding hydrogens is 326 g/mol. The van der Waals surface area contributed by atoms with Gasteiger partial charge in [-0.15, -0.1) is 11.3 Å². The van der Waals surface area contributed by atoms with Crippen molar-refractivity contribution < 1.29 is 0 Å². The summed E-state index contributed by atoms with van der Waals surface area (Å²) in [5.41, 5.74) is 1.06. The molecule has 14 heavy (non-hydrogen) atoms. The minimum Gasteiger partial charge on any atom is -0.198 e. The van der Waals surface area contributed by atoms with Crippen molar-refractivity contribution in [1.29, 1.82) is 5.26 Å². The first-order chi connectivity index (χ1) is 6.72. The van der Waals surface area contributed by atoms with Crippen LogP contribution >= 0.6 is 43.2 Å². The number of hydrogen-bond donors (Lipinski definition) is 0. The molecular formula is C10H5Br2NS. The van der Waals surface area contributed by atoms with E-state index in [1.165, 1.54) is 10.1 Å². The van der Waals surface area contributed by atoms with Crippen LogP contribution in [0.3, 0.4) is 0 Å². The van der Waals surface area contributed by atoms with Gasteiger partial charge in [0.1, 0.15) is 0 Å². The fourth-order valence-corrected chi connectivity index (χ4v) is 3.52. The molecule has 0 amide bonds. The van der Waals surface area contributed by atoms with Crippen molar-refractivity contribution in [2.45, 2.75) is 6.42 Å². The SMILES string of the molecule is N#CCc1ccc2sc(Br)c(Br)c2c1. The molecule has 1 heterocycles. The molecule has 0 saturated carbocycles. The highest BCUT2D eigenvalue weighted by molar-refractivity contribution is 9.13. The molecule has 0 aliphatic rings. The van der Waals surface area contributed by atoms with Gasteiger partial charge in [0.05, 0.1) is 20.7 Å². The molecule has 0 atom stereocenters. The Balaban J connectivity index is 2.65. The van der Waals surface area contributed by atoms with Gasteiger partial charge in [-0.05, 0) is 49.6 Å². The molecule has 0 radical (unpaired) electrons. The Morgan fingerprint density at radius 3 is 2.86 bits per heavy atom. The minimum absolute atomic E-state index is 0.468. The predicted octanol–water partition coefficient (Wildman–Crippen LogP) is 4.49. The lowest BCUT2D eigenvalue weighted by atomic mass is 10.1. The van der Waals surface area contributed by atoms with Crippen molar-refractivity contribution >= 4 is 53.3 Å². The number of thiophene rings is 1. The lowest BCUT2D eigenvalue weighted by Gasteiger charge is -1.94. The third-order valence-corrected chi connectivity index (χ3v) is 5.40. The molecule has 2 rings (SSSR count). The Morgan fingerprint density at radius 2 is 2.14 bits per heavy atom. The van der Waals surface area contributed by atoms with E-state index in [0.717, 1.165) is 13.8 Å². The van der Waals surface area contributed by atoms with Crippen molar-refractivity contribution in [2.24, 2.45) is 0 Å². The van der Waals surface area contributed by atoms with Crippen LogP contribution in [0.1, 0.15) is 5.56 Å². The summed E-state index contributed by atoms with van der Waals surface area (Å²) in [5, 5.41) is 9.77. The summed E-state index contributed by atoms with van der Waals surface area (Å²) in [6.07, 6.45) is 0.468. The highest BCUT2D eigenvalue weighted by Crippen LogP contribution is 2.39. The summed E-state index contributed by atoms with van der Waals surface area (Å²) in [7, 11) is 0. The van der Waals surface area contributed by atoms with Crippen LogP contribution in [-0.2, 0) is 6.42 Å². The van der Waals surface area contributed by atoms with Crippen molar-refractivity contribution in [3.8, 4) is 6.07 Å². The van der Waals surface area contributed by atoms with Crippen LogP contribution in [0.4, 0.5) is 0 Å². The van der Waals surface area contributed by atoms with E-state index >= 15 is 0 Å². The molecule has 0 aliphatic carbocycles. The van der Waals surface area contributed by atoms with Gasteiger partial charge in [-0.2, -0.15) is 5.26 Å². The Bertz CT molecular complexity index is 525. The number of fused-ring (bicyclic) bond motifs is 1. The second-order valence-corrected chi connectivity index (χ2v) is 6.02. The van der Waals surface area contributed by atoms with Gasteiger partial charge >= 0.3 is 0 Å². The topological polar surface area (TPSA) is 23.8 Å². The molecule has 1 aromatic carbocycles. The van der Waals surface area contributed by atoms with Gasteiger partial charge in [-0.25, -0.2) is 0 Å². The van der Waals surface area contributed by atoms with Crippen molar-refractivity contribution in [3.63, 3.8) is 0 Å². The third kappa shape index (κ3) is 1.72. The first kappa shape index (κ1) is 10.2. The number of benzene rings is 1. The fourth-order valence-electron chi connectivity index (χ4n) is 1.29. The molecule has 0 saturated heterocycles. The summed E-state index contributed by atoms with van der Waals surface area (Å²) in [6.45, 7) is 0. The highest BCUT2D eigenvalue weighted by atomic mass is 79.9. The monoisotopic (exact) mass is 329 g/mol. The molecule has 1 nitrogen and oxygen atoms in total. The smallest absolute Gasteiger partial charge is 0.0853 e. The summed E-state index contributed by atoms with van der Waals surface area (Å²) < 4.78 is 3.41. The number of rotatable bonds is 1. The normalized spacial score (nSPS) is 10.4. The Morgan fingerprint density at radius 1 is 1.36 bits per heavy atom. The number of halogens is 2. The van der Waals surface area contributed by atoms with Gasteiger partial charge in [0.15, 0.2) is 0 Å². The fraction of sp³-hybridized carbons (Fsp3) is 0.100. The van der Waals surface area contributed by atoms with Crippen LogP contribution in [0.2, 0.25) is 0 Å². The Labute approximate surface area is 103 Å². The van der Waals surface area contributed by atoms with Crippen molar-refractivity contribution in [2.75, 3.05) is 0 Å². The molecule has 2 aromatic rings. The average Bonchev–Trinajstić information content (AvgIpc) is 2.45. The zero-order valence-corrected chi connectivity index (χ0v) is 11.0. The third-order valence-electron chi connectivity index (χ3n) is 1.94. The van der Waals surface area contributed by atoms with Gasteiger partial charge in [-0.3, -0.25) is 0 Å². The van der Waals surface area contributed by atoms with Gasteiger partial charge < -0.3 is 0 Å². The van der Waals surface area contributed by atoms with E-state index < -0.39 is 0 Å². The summed E-state index contributed by atoms with van der Waals surface area (Å²) in [5.74, 6) is 0. The molecule has 70 valence electrons. The van der Waals surface area contributed by atoms with Gasteiger partial charge in [-0.1, -0.05) is 6.07 Å². The zero-order chi connectivity index (χ0) is 10.1. The maximum Gasteiger partial charge on any atom is 0.0853 e. The predicted molar refractivity (Wildman–Crippen MR) is 66.5 cm³/mol. The number of nitriles is 1. The quantitative estimate of drug-likeness (QED) is 0.755. The van der Waals surface area contributed by atoms with Crippen LogP contribution in [0.5, 0.6) is 0 Å². The van der Waals surface area contributed by atoms with E-state index in [0.29, 0.717) is 6.42 Å². The molecule has 0 bridgehead atoms. The van der Waals surface area contributed by atoms with E-state index in [9.17, 15) is 0 Å². The molecule has 0 N–H and O–H groups in total. The maximum absolute atomic E-state index is 8.60. The first-order valence-electron chi connectivity index (χ1n) is 3.95. The van der Waals surface area contributed by atoms with Gasteiger partial charge in [0.25, 0.3) is 0 Å². The zero-order valence-electron chi connectivity index (χ0n) is 7.05. The van der Waals surface area contributed by atoms with E-state index in [2.05, 4.69) is 50.1 Å². The van der Waals surface area contributed by atoms with Crippen molar-refractivity contribution in [1.82, 2.24) is 0 Å². The highest BCUT2D eigenvalue weighted by Gasteiger charge is 2.07. The second kappa shape index (κ2) is 4.01. The molecule has 0 aliphatic heterocycles. The van der Waals surface area contributed by atoms with E-state index in [1.807, 2.05) is 6.07 Å². The van der Waals surface area contributed by atoms with Gasteiger partial charge in [0.2, 0.25) is 0 Å². The summed E-state index contributed by atoms with van der Waals surface area (Å²) in [4.78, 5) is 0. The molecule has 4 heteroatoms. The van der Waals surface area contributed by atoms with Crippen LogP contribution < -0.4 is 0 Å².